The van der Waals surface area contributed by atoms with Gasteiger partial charge < -0.3 is 0 Å². The molecule has 1 aliphatic rings. The van der Waals surface area contributed by atoms with Gasteiger partial charge in [0.1, 0.15) is 0 Å². The summed E-state index contributed by atoms with van der Waals surface area (Å²) in [5, 5.41) is 0. The van der Waals surface area contributed by atoms with Gasteiger partial charge in [-0.2, -0.15) is 0 Å². The van der Waals surface area contributed by atoms with Crippen LogP contribution in [-0.2, 0) is 9.05 Å². The van der Waals surface area contributed by atoms with E-state index >= 15 is 0 Å². The number of hydrogen-bond acceptors (Lipinski definition) is 2. The van der Waals surface area contributed by atoms with Gasteiger partial charge in [-0.05, 0) is 23.7 Å². The van der Waals surface area contributed by atoms with Crippen LogP contribution in [0.3, 0.4) is 0 Å². The summed E-state index contributed by atoms with van der Waals surface area (Å²) in [6.45, 7) is 6.28. The van der Waals surface area contributed by atoms with E-state index in [0.29, 0.717) is 5.41 Å². The highest BCUT2D eigenvalue weighted by Crippen LogP contribution is 2.54. The summed E-state index contributed by atoms with van der Waals surface area (Å²) in [6.07, 6.45) is 1.90. The maximum Gasteiger partial charge on any atom is 0.233 e. The SMILES string of the molecule is CC1(C)CC(C)(CS(=O)(=O)Cl)C1. The van der Waals surface area contributed by atoms with Crippen LogP contribution in [0.5, 0.6) is 0 Å². The molecule has 1 aliphatic carbocycles. The molecule has 4 heteroatoms. The lowest BCUT2D eigenvalue weighted by atomic mass is 9.56. The van der Waals surface area contributed by atoms with E-state index in [-0.39, 0.29) is 11.2 Å². The molecule has 0 unspecified atom stereocenters. The van der Waals surface area contributed by atoms with Crippen LogP contribution in [0.25, 0.3) is 0 Å². The smallest absolute Gasteiger partial charge is 0.212 e. The van der Waals surface area contributed by atoms with Crippen molar-refractivity contribution in [3.8, 4) is 0 Å². The minimum atomic E-state index is -3.32. The molecule has 0 aromatic heterocycles. The Morgan fingerprint density at radius 1 is 1.25 bits per heavy atom. The number of halogens is 1. The Morgan fingerprint density at radius 2 is 1.67 bits per heavy atom. The van der Waals surface area contributed by atoms with Crippen LogP contribution in [0, 0.1) is 10.8 Å². The van der Waals surface area contributed by atoms with Gasteiger partial charge in [-0.15, -0.1) is 0 Å². The average molecular weight is 211 g/mol. The summed E-state index contributed by atoms with van der Waals surface area (Å²) >= 11 is 0. The van der Waals surface area contributed by atoms with Gasteiger partial charge in [0.2, 0.25) is 9.05 Å². The Hall–Kier alpha value is 0.240. The van der Waals surface area contributed by atoms with E-state index in [1.54, 1.807) is 0 Å². The predicted octanol–water partition coefficient (Wildman–Crippen LogP) is 2.38. The molecule has 2 nitrogen and oxygen atoms in total. The predicted molar refractivity (Wildman–Crippen MR) is 50.8 cm³/mol. The molecule has 0 aromatic carbocycles. The highest BCUT2D eigenvalue weighted by atomic mass is 35.7. The van der Waals surface area contributed by atoms with Gasteiger partial charge in [0.25, 0.3) is 0 Å². The van der Waals surface area contributed by atoms with E-state index in [1.165, 1.54) is 0 Å². The molecule has 0 N–H and O–H groups in total. The van der Waals surface area contributed by atoms with Gasteiger partial charge in [-0.1, -0.05) is 20.8 Å². The van der Waals surface area contributed by atoms with Crippen LogP contribution in [0.15, 0.2) is 0 Å². The monoisotopic (exact) mass is 210 g/mol. The van der Waals surface area contributed by atoms with Gasteiger partial charge in [0.05, 0.1) is 5.75 Å². The average Bonchev–Trinajstić information content (AvgIpc) is 1.48. The van der Waals surface area contributed by atoms with Crippen molar-refractivity contribution in [2.45, 2.75) is 33.6 Å². The Kier molecular flexibility index (Phi) is 2.25. The number of rotatable bonds is 2. The molecule has 1 fully saturated rings. The molecule has 0 spiro atoms. The molecule has 0 radical (unpaired) electrons. The van der Waals surface area contributed by atoms with Crippen molar-refractivity contribution < 1.29 is 8.42 Å². The topological polar surface area (TPSA) is 34.1 Å². The lowest BCUT2D eigenvalue weighted by molar-refractivity contribution is 0.0233. The molecule has 0 heterocycles. The highest BCUT2D eigenvalue weighted by Gasteiger charge is 2.47. The third-order valence-electron chi connectivity index (χ3n) is 2.33. The van der Waals surface area contributed by atoms with Crippen molar-refractivity contribution in [3.63, 3.8) is 0 Å². The first-order valence-corrected chi connectivity index (χ1v) is 6.52. The standard InChI is InChI=1S/C8H15ClO2S/c1-7(2)4-8(3,5-7)6-12(9,10)11/h4-6H2,1-3H3. The maximum atomic E-state index is 10.8. The molecule has 0 atom stereocenters. The number of hydrogen-bond donors (Lipinski definition) is 0. The second kappa shape index (κ2) is 2.61. The highest BCUT2D eigenvalue weighted by molar-refractivity contribution is 8.13. The fraction of sp³-hybridized carbons (Fsp3) is 1.00. The van der Waals surface area contributed by atoms with Gasteiger partial charge in [0, 0.05) is 10.7 Å². The summed E-state index contributed by atoms with van der Waals surface area (Å²) in [6, 6.07) is 0. The molecule has 12 heavy (non-hydrogen) atoms. The van der Waals surface area contributed by atoms with Crippen LogP contribution in [-0.4, -0.2) is 14.2 Å². The van der Waals surface area contributed by atoms with Crippen molar-refractivity contribution >= 4 is 19.7 Å². The third kappa shape index (κ3) is 2.63. The minimum absolute atomic E-state index is 0.0793. The van der Waals surface area contributed by atoms with Crippen molar-refractivity contribution in [2.24, 2.45) is 10.8 Å². The first-order chi connectivity index (χ1) is 5.12. The van der Waals surface area contributed by atoms with E-state index in [1.807, 2.05) is 6.92 Å². The second-order valence-corrected chi connectivity index (χ2v) is 7.79. The molecule has 72 valence electrons. The molecule has 1 saturated carbocycles. The van der Waals surface area contributed by atoms with E-state index in [4.69, 9.17) is 10.7 Å². The zero-order chi connectivity index (χ0) is 9.62. The first kappa shape index (κ1) is 10.3. The molecular weight excluding hydrogens is 196 g/mol. The van der Waals surface area contributed by atoms with Crippen molar-refractivity contribution in [1.82, 2.24) is 0 Å². The summed E-state index contributed by atoms with van der Waals surface area (Å²) in [5.74, 6) is 0.116. The van der Waals surface area contributed by atoms with Gasteiger partial charge in [-0.25, -0.2) is 8.42 Å². The summed E-state index contributed by atoms with van der Waals surface area (Å²) in [5.41, 5.74) is 0.223. The molecule has 0 amide bonds. The Balaban J connectivity index is 2.58. The van der Waals surface area contributed by atoms with E-state index < -0.39 is 9.05 Å². The van der Waals surface area contributed by atoms with Crippen LogP contribution in [0.1, 0.15) is 33.6 Å². The van der Waals surface area contributed by atoms with Gasteiger partial charge in [0.15, 0.2) is 0 Å². The molecule has 0 bridgehead atoms. The second-order valence-electron chi connectivity index (χ2n) is 5.01. The fourth-order valence-corrected chi connectivity index (χ4v) is 4.60. The summed E-state index contributed by atoms with van der Waals surface area (Å²) in [7, 11) is 1.88. The molecular formula is C8H15ClO2S. The zero-order valence-electron chi connectivity index (χ0n) is 7.72. The Labute approximate surface area is 78.7 Å². The molecule has 1 rings (SSSR count). The van der Waals surface area contributed by atoms with Gasteiger partial charge in [-0.3, -0.25) is 0 Å². The molecule has 0 saturated heterocycles. The van der Waals surface area contributed by atoms with Crippen molar-refractivity contribution in [1.29, 1.82) is 0 Å². The molecule has 0 aliphatic heterocycles. The molecule has 0 aromatic rings. The van der Waals surface area contributed by atoms with Crippen LogP contribution >= 0.6 is 10.7 Å². The van der Waals surface area contributed by atoms with Crippen LogP contribution in [0.4, 0.5) is 0 Å². The normalized spacial score (nSPS) is 26.3. The van der Waals surface area contributed by atoms with Crippen LogP contribution < -0.4 is 0 Å². The van der Waals surface area contributed by atoms with Crippen molar-refractivity contribution in [2.75, 3.05) is 5.75 Å². The van der Waals surface area contributed by atoms with Gasteiger partial charge >= 0.3 is 0 Å². The maximum absolute atomic E-state index is 10.8. The van der Waals surface area contributed by atoms with E-state index in [9.17, 15) is 8.42 Å². The van der Waals surface area contributed by atoms with Crippen LogP contribution in [0.2, 0.25) is 0 Å². The quantitative estimate of drug-likeness (QED) is 0.656. The Morgan fingerprint density at radius 3 is 1.92 bits per heavy atom. The minimum Gasteiger partial charge on any atom is -0.212 e. The largest absolute Gasteiger partial charge is 0.233 e. The lowest BCUT2D eigenvalue weighted by Gasteiger charge is -2.50. The van der Waals surface area contributed by atoms with E-state index in [2.05, 4.69) is 13.8 Å². The first-order valence-electron chi connectivity index (χ1n) is 4.04. The third-order valence-corrected chi connectivity index (χ3v) is 3.70. The van der Waals surface area contributed by atoms with E-state index in [0.717, 1.165) is 12.8 Å². The lowest BCUT2D eigenvalue weighted by Crippen LogP contribution is -2.44. The zero-order valence-corrected chi connectivity index (χ0v) is 9.30. The van der Waals surface area contributed by atoms with Crippen molar-refractivity contribution in [3.05, 3.63) is 0 Å². The summed E-state index contributed by atoms with van der Waals surface area (Å²) < 4.78 is 21.6. The fourth-order valence-electron chi connectivity index (χ4n) is 2.78. The Bertz CT molecular complexity index is 271. The summed E-state index contributed by atoms with van der Waals surface area (Å²) in [4.78, 5) is 0.